The van der Waals surface area contributed by atoms with Gasteiger partial charge in [-0.05, 0) is 0 Å². The molecule has 0 saturated heterocycles. The van der Waals surface area contributed by atoms with Crippen LogP contribution < -0.4 is 18.4 Å². The molecule has 2 heteroatoms. The predicted molar refractivity (Wildman–Crippen MR) is 56.2 cm³/mol. The molecule has 0 amide bonds. The summed E-state index contributed by atoms with van der Waals surface area (Å²) in [4.78, 5) is 0. The van der Waals surface area contributed by atoms with Gasteiger partial charge in [0, 0.05) is 0 Å². The van der Waals surface area contributed by atoms with Crippen LogP contribution in [0.3, 0.4) is 0 Å². The average Bonchev–Trinajstić information content (AvgIpc) is 2.01. The van der Waals surface area contributed by atoms with Crippen LogP contribution in [0.4, 0.5) is 0 Å². The molecule has 0 atom stereocenters. The van der Waals surface area contributed by atoms with Gasteiger partial charge in [-0.3, -0.25) is 0 Å². The Morgan fingerprint density at radius 2 is 1.00 bits per heavy atom. The van der Waals surface area contributed by atoms with E-state index in [0.29, 0.717) is 0 Å². The quantitative estimate of drug-likeness (QED) is 0.570. The van der Waals surface area contributed by atoms with E-state index in [1.54, 1.807) is 0 Å². The molecule has 0 heterocycles. The monoisotopic (exact) mass is 363 g/mol. The summed E-state index contributed by atoms with van der Waals surface area (Å²) in [5.41, 5.74) is 0. The summed E-state index contributed by atoms with van der Waals surface area (Å²) in [6.07, 6.45) is 0. The van der Waals surface area contributed by atoms with Gasteiger partial charge in [-0.25, -0.2) is 0 Å². The molecule has 0 saturated carbocycles. The Bertz CT molecular complexity index is 11.6. The van der Waals surface area contributed by atoms with Crippen LogP contribution in [0.1, 0.15) is 49.0 Å². The zero-order chi connectivity index (χ0) is 8.71. The molecule has 0 N–H and O–H groups in total. The van der Waals surface area contributed by atoms with E-state index in [1.165, 1.54) is 0 Å². The van der Waals surface area contributed by atoms with Gasteiger partial charge in [0.2, 0.25) is 0 Å². The minimum atomic E-state index is -0.190. The van der Waals surface area contributed by atoms with Gasteiger partial charge in [-0.1, -0.05) is 49.0 Å². The zero-order valence-corrected chi connectivity index (χ0v) is 11.1. The van der Waals surface area contributed by atoms with Crippen LogP contribution in [-0.2, 0) is 0 Å². The van der Waals surface area contributed by atoms with Crippen molar-refractivity contribution in [3.8, 4) is 0 Å². The first-order valence-electron chi connectivity index (χ1n) is 3.52. The molecule has 0 nitrogen and oxygen atoms in total. The number of hydrogen-bond acceptors (Lipinski definition) is 0. The summed E-state index contributed by atoms with van der Waals surface area (Å²) in [7, 11) is 0. The summed E-state index contributed by atoms with van der Waals surface area (Å²) in [5.74, 6) is 0. The van der Waals surface area contributed by atoms with Crippen molar-refractivity contribution in [3.05, 3.63) is 0 Å². The molecule has 66 valence electrons. The van der Waals surface area contributed by atoms with Crippen molar-refractivity contribution in [2.75, 3.05) is 0 Å². The third kappa shape index (κ3) is 247. The molecule has 0 spiro atoms. The Morgan fingerprint density at radius 1 is 1.00 bits per heavy atom. The maximum atomic E-state index is 6.30. The molecular formula is C7H23I2-. The number of rotatable bonds is 0. The molecule has 0 aromatic heterocycles. The van der Waals surface area contributed by atoms with E-state index in [2.05, 4.69) is 18.6 Å². The van der Waals surface area contributed by atoms with Gasteiger partial charge in [-0.2, -0.15) is 0 Å². The van der Waals surface area contributed by atoms with E-state index < -0.39 is 0 Å². The first-order valence-corrected chi connectivity index (χ1v) is 9.43. The third-order valence-electron chi connectivity index (χ3n) is 0. The molecule has 0 radical (unpaired) electrons. The first-order chi connectivity index (χ1) is 4.41. The molecule has 9 heavy (non-hydrogen) atoms. The SMILES string of the molecule is C.CC.CC.CC.[3H][I-]I. The molecule has 0 fully saturated rings. The van der Waals surface area contributed by atoms with Gasteiger partial charge >= 0.3 is 37.6 Å². The van der Waals surface area contributed by atoms with Crippen molar-refractivity contribution in [2.45, 2.75) is 49.0 Å². The van der Waals surface area contributed by atoms with Crippen LogP contribution in [-0.4, -0.2) is 0.594 Å². The summed E-state index contributed by atoms with van der Waals surface area (Å²) in [5, 5.41) is 0. The van der Waals surface area contributed by atoms with Crippen molar-refractivity contribution < 1.29 is 18.4 Å². The molecule has 0 unspecified atom stereocenters. The van der Waals surface area contributed by atoms with Crippen LogP contribution in [0.25, 0.3) is 0 Å². The van der Waals surface area contributed by atoms with Gasteiger partial charge < -0.3 is 0 Å². The summed E-state index contributed by atoms with van der Waals surface area (Å²) in [6.45, 7) is 12.0. The van der Waals surface area contributed by atoms with Crippen LogP contribution in [0.2, 0.25) is 0 Å². The van der Waals surface area contributed by atoms with Crippen LogP contribution in [0.15, 0.2) is 0 Å². The maximum absolute atomic E-state index is 6.30. The predicted octanol–water partition coefficient (Wildman–Crippen LogP) is 1.34. The Morgan fingerprint density at radius 3 is 1.00 bits per heavy atom. The van der Waals surface area contributed by atoms with Crippen molar-refractivity contribution in [1.82, 2.24) is 0 Å². The minimum absolute atomic E-state index is 0. The molecule has 0 aliphatic carbocycles. The van der Waals surface area contributed by atoms with E-state index in [9.17, 15) is 0 Å². The van der Waals surface area contributed by atoms with Crippen molar-refractivity contribution >= 4 is 18.6 Å². The Balaban J connectivity index is -0.0000000110. The molecule has 0 aliphatic heterocycles. The zero-order valence-electron chi connectivity index (χ0n) is 7.76. The van der Waals surface area contributed by atoms with E-state index in [-0.39, 0.29) is 25.8 Å². The second-order valence-electron chi connectivity index (χ2n) is 0. The van der Waals surface area contributed by atoms with Gasteiger partial charge in [0.15, 0.2) is 0 Å². The fourth-order valence-corrected chi connectivity index (χ4v) is 0. The Kier molecular flexibility index (Phi) is 792. The van der Waals surface area contributed by atoms with Gasteiger partial charge in [0.1, 0.15) is 0 Å². The molecular weight excluding hydrogens is 338 g/mol. The number of hydrogen-bond donors (Lipinski definition) is 0. The normalized spacial score (nSPS) is 4.56. The topological polar surface area (TPSA) is 0 Å². The van der Waals surface area contributed by atoms with Crippen molar-refractivity contribution in [1.29, 1.82) is 0.594 Å². The average molecular weight is 363 g/mol. The van der Waals surface area contributed by atoms with E-state index in [1.807, 2.05) is 41.5 Å². The molecule has 0 aromatic carbocycles. The Hall–Kier alpha value is 1.46. The Labute approximate surface area is 86.0 Å². The summed E-state index contributed by atoms with van der Waals surface area (Å²) in [6, 6.07) is 0. The van der Waals surface area contributed by atoms with Crippen molar-refractivity contribution in [3.63, 3.8) is 0 Å². The van der Waals surface area contributed by atoms with E-state index in [0.717, 1.165) is 0 Å². The molecule has 0 aliphatic rings. The first kappa shape index (κ1) is 22.4. The fraction of sp³-hybridized carbons (Fsp3) is 1.00. The molecule has 0 bridgehead atoms. The molecule has 0 rings (SSSR count). The second-order valence-corrected chi connectivity index (χ2v) is 0. The van der Waals surface area contributed by atoms with Gasteiger partial charge in [-0.15, -0.1) is 0 Å². The molecule has 0 aromatic rings. The van der Waals surface area contributed by atoms with Crippen molar-refractivity contribution in [2.24, 2.45) is 0 Å². The fourth-order valence-electron chi connectivity index (χ4n) is 0. The van der Waals surface area contributed by atoms with E-state index >= 15 is 0 Å². The van der Waals surface area contributed by atoms with Crippen LogP contribution >= 0.6 is 18.6 Å². The van der Waals surface area contributed by atoms with Gasteiger partial charge in [0.05, 0.1) is 0 Å². The second kappa shape index (κ2) is 318. The number of halogens is 2. The third-order valence-corrected chi connectivity index (χ3v) is 0. The van der Waals surface area contributed by atoms with E-state index in [4.69, 9.17) is 0.594 Å². The summed E-state index contributed by atoms with van der Waals surface area (Å²) >= 11 is 1.88. The van der Waals surface area contributed by atoms with Crippen LogP contribution in [0, 0.1) is 0 Å². The van der Waals surface area contributed by atoms with Gasteiger partial charge in [0.25, 0.3) is 0 Å². The summed E-state index contributed by atoms with van der Waals surface area (Å²) < 4.78 is 6.30. The standard InChI is InChI=1S/3C2H6.CH4.HI2/c3*1-2;;1-2/h3*1-2H3;1H4;1H/q;;;;-1/i;;;;1T. The van der Waals surface area contributed by atoms with Crippen LogP contribution in [0.5, 0.6) is 0 Å².